The molecule has 2 aromatic carbocycles. The molecule has 0 saturated carbocycles. The van der Waals surface area contributed by atoms with E-state index in [4.69, 9.17) is 18.9 Å². The Kier molecular flexibility index (Phi) is 18.1. The largest absolute Gasteiger partial charge is 0.423 e. The minimum Gasteiger partial charge on any atom is -0.423 e. The van der Waals surface area contributed by atoms with Crippen molar-refractivity contribution in [2.75, 3.05) is 33.4 Å². The Balaban J connectivity index is 1.03. The quantitative estimate of drug-likeness (QED) is 0.101. The lowest BCUT2D eigenvalue weighted by Crippen LogP contribution is -2.58. The monoisotopic (exact) mass is 921 g/mol. The minimum atomic E-state index is -1.02. The number of amides is 4. The van der Waals surface area contributed by atoms with Crippen molar-refractivity contribution in [1.82, 2.24) is 66.2 Å². The van der Waals surface area contributed by atoms with Crippen molar-refractivity contribution in [3.63, 3.8) is 0 Å². The van der Waals surface area contributed by atoms with Gasteiger partial charge in [0.15, 0.2) is 0 Å². The lowest BCUT2D eigenvalue weighted by Gasteiger charge is -2.32. The van der Waals surface area contributed by atoms with E-state index in [9.17, 15) is 19.2 Å². The average molecular weight is 922 g/mol. The van der Waals surface area contributed by atoms with E-state index in [0.29, 0.717) is 44.0 Å². The van der Waals surface area contributed by atoms with Crippen molar-refractivity contribution in [3.05, 3.63) is 60.7 Å². The first-order chi connectivity index (χ1) is 32.4. The van der Waals surface area contributed by atoms with E-state index in [2.05, 4.69) is 70.7 Å². The zero-order chi connectivity index (χ0) is 47.7. The highest BCUT2D eigenvalue weighted by Gasteiger charge is 2.39. The smallest absolute Gasteiger partial charge is 0.341 e. The number of para-hydroxylation sites is 2. The van der Waals surface area contributed by atoms with Crippen LogP contribution in [-0.4, -0.2) is 150 Å². The normalized spacial score (nSPS) is 17.8. The number of aromatic nitrogens is 8. The van der Waals surface area contributed by atoms with Gasteiger partial charge in [-0.3, -0.25) is 19.2 Å². The highest BCUT2D eigenvalue weighted by Crippen LogP contribution is 2.26. The Hall–Kier alpha value is -6.94. The maximum Gasteiger partial charge on any atom is 0.341 e. The topological polar surface area (TPSA) is 235 Å². The van der Waals surface area contributed by atoms with Gasteiger partial charge in [-0.1, -0.05) is 72.3 Å². The summed E-state index contributed by atoms with van der Waals surface area (Å²) in [5.74, 6) is 10.7. The standard InChI is InChI=1S/C46H59N13O8/c1-31(2)41(60)48-39(43(62)56-25-17-19-35(56)29-58-45(50-52-54-58)66-37-21-11-9-12-22-37)33(4)64-27-15-7-8-16-28-65-34(5)40(49-42(61)32(3)47-6)44(63)57-26-18-20-36(57)30-59-46(51-53-55-59)67-38-23-13-10-14-24-38/h9-14,21-24,31-36,39-40,47H,17-20,25-30H2,1-6H3,(H,48,60)(H,49,61)/t32-,33+,34?,35?,36-,39-,40-/m0/s1. The molecule has 2 aromatic heterocycles. The van der Waals surface area contributed by atoms with Crippen molar-refractivity contribution in [1.29, 1.82) is 0 Å². The lowest BCUT2D eigenvalue weighted by molar-refractivity contribution is -0.142. The molecule has 2 aliphatic heterocycles. The first kappa shape index (κ1) is 49.5. The molecule has 0 aliphatic carbocycles. The van der Waals surface area contributed by atoms with Crippen LogP contribution in [0.15, 0.2) is 60.7 Å². The van der Waals surface area contributed by atoms with E-state index in [0.717, 1.165) is 12.8 Å². The van der Waals surface area contributed by atoms with Crippen molar-refractivity contribution < 1.29 is 38.1 Å². The first-order valence-corrected chi connectivity index (χ1v) is 22.5. The number of hydrogen-bond donors (Lipinski definition) is 3. The number of benzene rings is 2. The van der Waals surface area contributed by atoms with Gasteiger partial charge in [-0.15, -0.1) is 0 Å². The summed E-state index contributed by atoms with van der Waals surface area (Å²) >= 11 is 0. The SMILES string of the molecule is CN[C@@H](C)C(=O)N[C@H](C(=O)N1CCC[C@H]1Cn1nnnc1Oc1ccccc1)C(C)OCC#CC#CCO[C@H](C)[C@H](NC(=O)C(C)C)C(=O)N1CCCC1Cn1nnnc1Oc1ccccc1. The third kappa shape index (κ3) is 13.8. The first-order valence-electron chi connectivity index (χ1n) is 22.5. The fourth-order valence-electron chi connectivity index (χ4n) is 7.53. The van der Waals surface area contributed by atoms with E-state index in [-0.39, 0.29) is 73.4 Å². The van der Waals surface area contributed by atoms with Gasteiger partial charge < -0.3 is 44.7 Å². The maximum atomic E-state index is 14.2. The van der Waals surface area contributed by atoms with Crippen LogP contribution in [0.25, 0.3) is 0 Å². The van der Waals surface area contributed by atoms with Crippen LogP contribution in [0.5, 0.6) is 23.5 Å². The van der Waals surface area contributed by atoms with Crippen LogP contribution >= 0.6 is 0 Å². The average Bonchev–Trinajstić information content (AvgIpc) is 4.18. The summed E-state index contributed by atoms with van der Waals surface area (Å²) < 4.78 is 26.8. The molecule has 0 radical (unpaired) electrons. The van der Waals surface area contributed by atoms with Crippen molar-refractivity contribution in [2.45, 2.75) is 116 Å². The van der Waals surface area contributed by atoms with E-state index >= 15 is 0 Å². The van der Waals surface area contributed by atoms with Crippen LogP contribution in [-0.2, 0) is 41.7 Å². The number of nitrogens with one attached hydrogen (secondary N) is 3. The van der Waals surface area contributed by atoms with Gasteiger partial charge in [-0.25, -0.2) is 0 Å². The molecule has 2 unspecified atom stereocenters. The van der Waals surface area contributed by atoms with Crippen molar-refractivity contribution >= 4 is 23.6 Å². The van der Waals surface area contributed by atoms with Crippen LogP contribution < -0.4 is 25.4 Å². The third-order valence-corrected chi connectivity index (χ3v) is 11.5. The van der Waals surface area contributed by atoms with Gasteiger partial charge in [0.25, 0.3) is 0 Å². The summed E-state index contributed by atoms with van der Waals surface area (Å²) in [6, 6.07) is 15.6. The highest BCUT2D eigenvalue weighted by molar-refractivity contribution is 5.90. The molecule has 0 bridgehead atoms. The van der Waals surface area contributed by atoms with Crippen LogP contribution in [0.4, 0.5) is 0 Å². The lowest BCUT2D eigenvalue weighted by atomic mass is 10.1. The van der Waals surface area contributed by atoms with Gasteiger partial charge in [0.05, 0.1) is 43.4 Å². The molecule has 6 rings (SSSR count). The summed E-state index contributed by atoms with van der Waals surface area (Å²) in [6.45, 7) is 10.0. The van der Waals surface area contributed by atoms with Gasteiger partial charge in [-0.2, -0.15) is 9.36 Å². The Labute approximate surface area is 390 Å². The number of tetrazole rings is 2. The maximum absolute atomic E-state index is 14.2. The predicted octanol–water partition coefficient (Wildman–Crippen LogP) is 1.98. The summed E-state index contributed by atoms with van der Waals surface area (Å²) in [7, 11) is 1.66. The molecule has 21 nitrogen and oxygen atoms in total. The zero-order valence-electron chi connectivity index (χ0n) is 38.7. The molecule has 0 spiro atoms. The molecule has 4 aromatic rings. The molecule has 4 amide bonds. The second-order valence-electron chi connectivity index (χ2n) is 16.5. The van der Waals surface area contributed by atoms with E-state index in [1.807, 2.05) is 36.4 Å². The molecule has 7 atom stereocenters. The van der Waals surface area contributed by atoms with Gasteiger partial charge in [0.2, 0.25) is 23.6 Å². The zero-order valence-corrected chi connectivity index (χ0v) is 38.7. The summed E-state index contributed by atoms with van der Waals surface area (Å²) in [4.78, 5) is 57.8. The number of likely N-dealkylation sites (tertiary alicyclic amines) is 2. The Morgan fingerprint density at radius 1 is 0.657 bits per heavy atom. The second kappa shape index (κ2) is 24.5. The molecule has 2 fully saturated rings. The van der Waals surface area contributed by atoms with Crippen LogP contribution in [0.3, 0.4) is 0 Å². The molecule has 4 heterocycles. The summed E-state index contributed by atoms with van der Waals surface area (Å²) in [6.07, 6.45) is 1.41. The van der Waals surface area contributed by atoms with Gasteiger partial charge in [0.1, 0.15) is 36.8 Å². The van der Waals surface area contributed by atoms with E-state index in [1.165, 1.54) is 9.36 Å². The molecule has 67 heavy (non-hydrogen) atoms. The number of carbonyl (C=O) groups is 4. The van der Waals surface area contributed by atoms with Gasteiger partial charge in [-0.05, 0) is 110 Å². The van der Waals surface area contributed by atoms with Crippen molar-refractivity contribution in [3.8, 4) is 47.2 Å². The number of likely N-dealkylation sites (N-methyl/N-ethyl adjacent to an activating group) is 1. The summed E-state index contributed by atoms with van der Waals surface area (Å²) in [5, 5.41) is 32.5. The van der Waals surface area contributed by atoms with Crippen molar-refractivity contribution in [2.24, 2.45) is 5.92 Å². The predicted molar refractivity (Wildman–Crippen MR) is 242 cm³/mol. The fraction of sp³-hybridized carbons (Fsp3) is 0.522. The Bertz CT molecular complexity index is 2370. The molecular weight excluding hydrogens is 863 g/mol. The summed E-state index contributed by atoms with van der Waals surface area (Å²) in [5.41, 5.74) is 0. The number of rotatable bonds is 21. The molecule has 3 N–H and O–H groups in total. The highest BCUT2D eigenvalue weighted by atomic mass is 16.5. The molecular formula is C46H59N13O8. The van der Waals surface area contributed by atoms with E-state index < -0.39 is 30.3 Å². The number of nitrogens with zero attached hydrogens (tertiary/aromatic N) is 10. The number of hydrogen-bond acceptors (Lipinski definition) is 15. The number of ether oxygens (including phenoxy) is 4. The van der Waals surface area contributed by atoms with E-state index in [1.54, 1.807) is 75.7 Å². The second-order valence-corrected chi connectivity index (χ2v) is 16.5. The molecule has 356 valence electrons. The fourth-order valence-corrected chi connectivity index (χ4v) is 7.53. The molecule has 21 heteroatoms. The molecule has 2 saturated heterocycles. The van der Waals surface area contributed by atoms with Crippen LogP contribution in [0.2, 0.25) is 0 Å². The minimum absolute atomic E-state index is 0.0730. The Morgan fingerprint density at radius 3 is 1.51 bits per heavy atom. The number of carbonyl (C=O) groups excluding carboxylic acids is 4. The van der Waals surface area contributed by atoms with Crippen LogP contribution in [0.1, 0.15) is 60.3 Å². The van der Waals surface area contributed by atoms with Gasteiger partial charge in [0, 0.05) is 19.0 Å². The van der Waals surface area contributed by atoms with Crippen LogP contribution in [0, 0.1) is 29.6 Å². The van der Waals surface area contributed by atoms with Gasteiger partial charge >= 0.3 is 12.0 Å². The Morgan fingerprint density at radius 2 is 1.09 bits per heavy atom. The molecule has 2 aliphatic rings. The third-order valence-electron chi connectivity index (χ3n) is 11.5.